The summed E-state index contributed by atoms with van der Waals surface area (Å²) in [7, 11) is 0. The minimum absolute atomic E-state index is 0.621. The number of hydrogen-bond acceptors (Lipinski definition) is 2. The van der Waals surface area contributed by atoms with Crippen molar-refractivity contribution in [3.8, 4) is 0 Å². The largest absolute Gasteiger partial charge is 0.271 e. The Morgan fingerprint density at radius 2 is 1.75 bits per heavy atom. The van der Waals surface area contributed by atoms with Gasteiger partial charge in [0.15, 0.2) is 0 Å². The molecule has 3 rings (SSSR count). The molecule has 3 aliphatic rings. The molecule has 16 heavy (non-hydrogen) atoms. The van der Waals surface area contributed by atoms with Crippen molar-refractivity contribution >= 4 is 0 Å². The van der Waals surface area contributed by atoms with Crippen molar-refractivity contribution in [3.63, 3.8) is 0 Å². The van der Waals surface area contributed by atoms with Gasteiger partial charge in [-0.25, -0.2) is 0 Å². The summed E-state index contributed by atoms with van der Waals surface area (Å²) in [6, 6.07) is 0.621. The van der Waals surface area contributed by atoms with E-state index in [1.807, 2.05) is 0 Å². The number of nitrogens with two attached hydrogens (primary N) is 1. The number of hydrazine groups is 1. The van der Waals surface area contributed by atoms with Gasteiger partial charge >= 0.3 is 0 Å². The zero-order valence-electron chi connectivity index (χ0n) is 10.5. The summed E-state index contributed by atoms with van der Waals surface area (Å²) in [5, 5.41) is 0. The van der Waals surface area contributed by atoms with Crippen molar-refractivity contribution in [2.45, 2.75) is 57.9 Å². The Kier molecular flexibility index (Phi) is 2.97. The summed E-state index contributed by atoms with van der Waals surface area (Å²) in [5.41, 5.74) is 3.18. The second-order valence-electron chi connectivity index (χ2n) is 6.71. The standard InChI is InChI=1S/C14H26N2/c1-9-3-2-4-10(5-9)14(16-15)13-7-11-6-12(11)8-13/h9-14,16H,2-8,15H2,1H3. The fraction of sp³-hybridized carbons (Fsp3) is 1.00. The molecule has 3 fully saturated rings. The molecule has 3 aliphatic carbocycles. The number of fused-ring (bicyclic) bond motifs is 1. The second-order valence-corrected chi connectivity index (χ2v) is 6.71. The summed E-state index contributed by atoms with van der Waals surface area (Å²) in [6.45, 7) is 2.41. The van der Waals surface area contributed by atoms with E-state index >= 15 is 0 Å². The Hall–Kier alpha value is -0.0800. The maximum Gasteiger partial charge on any atom is 0.0267 e. The quantitative estimate of drug-likeness (QED) is 0.569. The average Bonchev–Trinajstić information content (AvgIpc) is 2.88. The van der Waals surface area contributed by atoms with Crippen molar-refractivity contribution < 1.29 is 0 Å². The van der Waals surface area contributed by atoms with E-state index in [0.29, 0.717) is 6.04 Å². The highest BCUT2D eigenvalue weighted by molar-refractivity contribution is 5.00. The fourth-order valence-corrected chi connectivity index (χ4v) is 4.52. The van der Waals surface area contributed by atoms with Gasteiger partial charge in [0, 0.05) is 6.04 Å². The maximum atomic E-state index is 5.84. The molecule has 92 valence electrons. The van der Waals surface area contributed by atoms with Gasteiger partial charge in [-0.05, 0) is 61.7 Å². The molecule has 2 nitrogen and oxygen atoms in total. The van der Waals surface area contributed by atoms with Crippen molar-refractivity contribution in [1.29, 1.82) is 0 Å². The Balaban J connectivity index is 1.60. The molecule has 5 unspecified atom stereocenters. The lowest BCUT2D eigenvalue weighted by Crippen LogP contribution is -2.47. The van der Waals surface area contributed by atoms with E-state index in [-0.39, 0.29) is 0 Å². The zero-order chi connectivity index (χ0) is 11.1. The highest BCUT2D eigenvalue weighted by Gasteiger charge is 2.49. The van der Waals surface area contributed by atoms with Crippen molar-refractivity contribution in [3.05, 3.63) is 0 Å². The summed E-state index contributed by atoms with van der Waals surface area (Å²) in [4.78, 5) is 0. The van der Waals surface area contributed by atoms with Gasteiger partial charge in [0.1, 0.15) is 0 Å². The van der Waals surface area contributed by atoms with Crippen LogP contribution in [0, 0.1) is 29.6 Å². The summed E-state index contributed by atoms with van der Waals surface area (Å²) >= 11 is 0. The predicted octanol–water partition coefficient (Wildman–Crippen LogP) is 2.69. The van der Waals surface area contributed by atoms with Crippen LogP contribution >= 0.6 is 0 Å². The molecular formula is C14H26N2. The lowest BCUT2D eigenvalue weighted by atomic mass is 9.74. The van der Waals surface area contributed by atoms with Gasteiger partial charge in [-0.1, -0.05) is 19.8 Å². The first-order valence-electron chi connectivity index (χ1n) is 7.24. The minimum Gasteiger partial charge on any atom is -0.271 e. The Morgan fingerprint density at radius 1 is 1.00 bits per heavy atom. The third-order valence-corrected chi connectivity index (χ3v) is 5.47. The van der Waals surface area contributed by atoms with Crippen LogP contribution in [0.25, 0.3) is 0 Å². The highest BCUT2D eigenvalue weighted by Crippen LogP contribution is 2.56. The molecule has 0 heterocycles. The molecule has 0 aliphatic heterocycles. The van der Waals surface area contributed by atoms with E-state index in [1.165, 1.54) is 44.9 Å². The molecule has 0 saturated heterocycles. The summed E-state index contributed by atoms with van der Waals surface area (Å²) < 4.78 is 0. The van der Waals surface area contributed by atoms with Crippen LogP contribution in [-0.4, -0.2) is 6.04 Å². The maximum absolute atomic E-state index is 5.84. The van der Waals surface area contributed by atoms with Crippen LogP contribution in [0.15, 0.2) is 0 Å². The smallest absolute Gasteiger partial charge is 0.0267 e. The molecule has 0 radical (unpaired) electrons. The Morgan fingerprint density at radius 3 is 2.38 bits per heavy atom. The Labute approximate surface area is 99.3 Å². The molecule has 3 saturated carbocycles. The first-order chi connectivity index (χ1) is 7.78. The zero-order valence-corrected chi connectivity index (χ0v) is 10.5. The first kappa shape index (κ1) is 11.0. The molecule has 3 N–H and O–H groups in total. The van der Waals surface area contributed by atoms with Crippen LogP contribution in [0.1, 0.15) is 51.9 Å². The fourth-order valence-electron chi connectivity index (χ4n) is 4.52. The Bertz CT molecular complexity index is 243. The molecule has 0 spiro atoms. The third-order valence-electron chi connectivity index (χ3n) is 5.47. The third kappa shape index (κ3) is 2.02. The van der Waals surface area contributed by atoms with Gasteiger partial charge in [-0.2, -0.15) is 0 Å². The first-order valence-corrected chi connectivity index (χ1v) is 7.24. The molecule has 5 atom stereocenters. The molecule has 0 amide bonds. The summed E-state index contributed by atoms with van der Waals surface area (Å²) in [5.74, 6) is 10.7. The SMILES string of the molecule is CC1CCCC(C(NN)C2CC3CC3C2)C1. The molecule has 0 aromatic heterocycles. The van der Waals surface area contributed by atoms with Gasteiger partial charge in [-0.3, -0.25) is 11.3 Å². The summed E-state index contributed by atoms with van der Waals surface area (Å²) in [6.07, 6.45) is 10.1. The predicted molar refractivity (Wildman–Crippen MR) is 66.6 cm³/mol. The van der Waals surface area contributed by atoms with Gasteiger partial charge < -0.3 is 0 Å². The van der Waals surface area contributed by atoms with Crippen LogP contribution in [0.3, 0.4) is 0 Å². The minimum atomic E-state index is 0.621. The normalized spacial score (nSPS) is 48.8. The number of hydrogen-bond donors (Lipinski definition) is 2. The molecule has 0 bridgehead atoms. The van der Waals surface area contributed by atoms with E-state index in [2.05, 4.69) is 12.3 Å². The lowest BCUT2D eigenvalue weighted by Gasteiger charge is -2.36. The molecule has 0 aromatic rings. The van der Waals surface area contributed by atoms with Crippen molar-refractivity contribution in [2.24, 2.45) is 35.4 Å². The van der Waals surface area contributed by atoms with E-state index in [9.17, 15) is 0 Å². The van der Waals surface area contributed by atoms with Crippen molar-refractivity contribution in [1.82, 2.24) is 5.43 Å². The van der Waals surface area contributed by atoms with Crippen LogP contribution in [0.2, 0.25) is 0 Å². The molecule has 2 heteroatoms. The van der Waals surface area contributed by atoms with Crippen LogP contribution in [0.5, 0.6) is 0 Å². The van der Waals surface area contributed by atoms with Crippen LogP contribution in [0.4, 0.5) is 0 Å². The highest BCUT2D eigenvalue weighted by atomic mass is 15.2. The molecular weight excluding hydrogens is 196 g/mol. The van der Waals surface area contributed by atoms with Crippen molar-refractivity contribution in [2.75, 3.05) is 0 Å². The van der Waals surface area contributed by atoms with Gasteiger partial charge in [0.25, 0.3) is 0 Å². The van der Waals surface area contributed by atoms with Gasteiger partial charge in [-0.15, -0.1) is 0 Å². The second kappa shape index (κ2) is 4.30. The van der Waals surface area contributed by atoms with Gasteiger partial charge in [0.05, 0.1) is 0 Å². The van der Waals surface area contributed by atoms with E-state index in [1.54, 1.807) is 0 Å². The van der Waals surface area contributed by atoms with E-state index in [4.69, 9.17) is 5.84 Å². The van der Waals surface area contributed by atoms with E-state index in [0.717, 1.165) is 29.6 Å². The van der Waals surface area contributed by atoms with Crippen LogP contribution < -0.4 is 11.3 Å². The van der Waals surface area contributed by atoms with Crippen LogP contribution in [-0.2, 0) is 0 Å². The number of nitrogens with one attached hydrogen (secondary N) is 1. The monoisotopic (exact) mass is 222 g/mol. The topological polar surface area (TPSA) is 38.0 Å². The van der Waals surface area contributed by atoms with Gasteiger partial charge in [0.2, 0.25) is 0 Å². The molecule has 0 aromatic carbocycles. The number of rotatable bonds is 3. The van der Waals surface area contributed by atoms with E-state index < -0.39 is 0 Å². The lowest BCUT2D eigenvalue weighted by molar-refractivity contribution is 0.172. The average molecular weight is 222 g/mol.